The van der Waals surface area contributed by atoms with Crippen LogP contribution in [0.1, 0.15) is 22.8 Å². The van der Waals surface area contributed by atoms with E-state index in [-0.39, 0.29) is 12.4 Å². The Balaban J connectivity index is 1.65. The van der Waals surface area contributed by atoms with E-state index in [9.17, 15) is 9.59 Å². The van der Waals surface area contributed by atoms with E-state index in [0.29, 0.717) is 22.8 Å². The van der Waals surface area contributed by atoms with Crippen molar-refractivity contribution in [2.45, 2.75) is 13.5 Å². The maximum absolute atomic E-state index is 12.4. The van der Waals surface area contributed by atoms with Gasteiger partial charge in [0.15, 0.2) is 0 Å². The predicted molar refractivity (Wildman–Crippen MR) is 105 cm³/mol. The van der Waals surface area contributed by atoms with Crippen molar-refractivity contribution in [2.75, 3.05) is 11.9 Å². The number of nitrogens with one attached hydrogen (secondary N) is 1. The Kier molecular flexibility index (Phi) is 6.29. The summed E-state index contributed by atoms with van der Waals surface area (Å²) in [7, 11) is 0. The lowest BCUT2D eigenvalue weighted by Crippen LogP contribution is -2.13. The second kappa shape index (κ2) is 9.05. The molecule has 0 aliphatic carbocycles. The molecule has 2 aromatic carbocycles. The number of carbonyl (C=O) groups excluding carboxylic acids is 2. The number of nitrogens with zero attached hydrogens (tertiary/aromatic N) is 2. The Labute approximate surface area is 166 Å². The van der Waals surface area contributed by atoms with Gasteiger partial charge in [0.1, 0.15) is 5.75 Å². The molecule has 7 nitrogen and oxygen atoms in total. The van der Waals surface area contributed by atoms with Crippen molar-refractivity contribution in [3.63, 3.8) is 0 Å². The van der Waals surface area contributed by atoms with Gasteiger partial charge in [0.2, 0.25) is 0 Å². The number of benzene rings is 2. The highest BCUT2D eigenvalue weighted by Crippen LogP contribution is 2.19. The molecule has 0 atom stereocenters. The molecule has 28 heavy (non-hydrogen) atoms. The fourth-order valence-electron chi connectivity index (χ4n) is 2.44. The van der Waals surface area contributed by atoms with Crippen LogP contribution in [0, 0.1) is 0 Å². The van der Waals surface area contributed by atoms with Gasteiger partial charge in [-0.1, -0.05) is 35.9 Å². The fourth-order valence-corrected chi connectivity index (χ4v) is 2.64. The average molecular weight is 400 g/mol. The second-order valence-corrected chi connectivity index (χ2v) is 6.19. The summed E-state index contributed by atoms with van der Waals surface area (Å²) in [6.07, 6.45) is 2.44. The van der Waals surface area contributed by atoms with Gasteiger partial charge in [-0.05, 0) is 30.7 Å². The van der Waals surface area contributed by atoms with Crippen molar-refractivity contribution in [1.29, 1.82) is 0 Å². The minimum absolute atomic E-state index is 0.263. The summed E-state index contributed by atoms with van der Waals surface area (Å²) >= 11 is 6.15. The smallest absolute Gasteiger partial charge is 0.411 e. The third-order valence-corrected chi connectivity index (χ3v) is 4.09. The van der Waals surface area contributed by atoms with E-state index in [1.165, 1.54) is 12.3 Å². The van der Waals surface area contributed by atoms with Crippen LogP contribution >= 0.6 is 11.6 Å². The van der Waals surface area contributed by atoms with Gasteiger partial charge in [-0.15, -0.1) is 0 Å². The Bertz CT molecular complexity index is 987. The largest absolute Gasteiger partial charge is 0.450 e. The SMILES string of the molecule is CCOC(=O)Nc1cccc(OC(=O)c2cnn(Cc3ccccc3Cl)c2)c1. The first-order valence-electron chi connectivity index (χ1n) is 8.57. The number of anilines is 1. The molecule has 1 amide bonds. The molecular weight excluding hydrogens is 382 g/mol. The normalized spacial score (nSPS) is 10.4. The van der Waals surface area contributed by atoms with Gasteiger partial charge in [-0.3, -0.25) is 10.00 Å². The van der Waals surface area contributed by atoms with Gasteiger partial charge < -0.3 is 9.47 Å². The number of aromatic nitrogens is 2. The molecule has 8 heteroatoms. The molecule has 1 aromatic heterocycles. The topological polar surface area (TPSA) is 82.4 Å². The number of carbonyl (C=O) groups is 2. The van der Waals surface area contributed by atoms with Crippen LogP contribution in [0.5, 0.6) is 5.75 Å². The minimum Gasteiger partial charge on any atom is -0.450 e. The first kappa shape index (κ1) is 19.4. The van der Waals surface area contributed by atoms with Gasteiger partial charge >= 0.3 is 12.1 Å². The van der Waals surface area contributed by atoms with Crippen LogP contribution in [-0.4, -0.2) is 28.4 Å². The highest BCUT2D eigenvalue weighted by Gasteiger charge is 2.13. The third kappa shape index (κ3) is 5.11. The molecule has 0 bridgehead atoms. The van der Waals surface area contributed by atoms with Crippen molar-refractivity contribution >= 4 is 29.4 Å². The first-order valence-corrected chi connectivity index (χ1v) is 8.95. The Morgan fingerprint density at radius 1 is 1.18 bits per heavy atom. The van der Waals surface area contributed by atoms with Crippen LogP contribution in [0.4, 0.5) is 10.5 Å². The summed E-state index contributed by atoms with van der Waals surface area (Å²) in [5, 5.41) is 7.36. The van der Waals surface area contributed by atoms with Crippen molar-refractivity contribution in [3.05, 3.63) is 77.1 Å². The minimum atomic E-state index is -0.577. The van der Waals surface area contributed by atoms with Crippen molar-refractivity contribution in [3.8, 4) is 5.75 Å². The lowest BCUT2D eigenvalue weighted by atomic mass is 10.2. The molecule has 0 unspecified atom stereocenters. The summed E-state index contributed by atoms with van der Waals surface area (Å²) < 4.78 is 11.8. The Hall–Kier alpha value is -3.32. The van der Waals surface area contributed by atoms with Gasteiger partial charge in [0, 0.05) is 23.0 Å². The number of hydrogen-bond acceptors (Lipinski definition) is 5. The highest BCUT2D eigenvalue weighted by molar-refractivity contribution is 6.31. The highest BCUT2D eigenvalue weighted by atomic mass is 35.5. The van der Waals surface area contributed by atoms with Gasteiger partial charge in [0.05, 0.1) is 24.9 Å². The standard InChI is InChI=1S/C20H18ClN3O4/c1-2-27-20(26)23-16-7-5-8-17(10-16)28-19(25)15-11-22-24(13-15)12-14-6-3-4-9-18(14)21/h3-11,13H,2,12H2,1H3,(H,23,26). The summed E-state index contributed by atoms with van der Waals surface area (Å²) in [6.45, 7) is 2.41. The second-order valence-electron chi connectivity index (χ2n) is 5.78. The van der Waals surface area contributed by atoms with E-state index in [4.69, 9.17) is 21.1 Å². The van der Waals surface area contributed by atoms with E-state index in [0.717, 1.165) is 5.56 Å². The predicted octanol–water partition coefficient (Wildman–Crippen LogP) is 4.37. The molecule has 144 valence electrons. The zero-order valence-electron chi connectivity index (χ0n) is 15.1. The molecule has 1 heterocycles. The number of amides is 1. The molecule has 0 radical (unpaired) electrons. The van der Waals surface area contributed by atoms with E-state index in [1.54, 1.807) is 42.1 Å². The van der Waals surface area contributed by atoms with Crippen LogP contribution in [0.15, 0.2) is 60.9 Å². The summed E-state index contributed by atoms with van der Waals surface area (Å²) in [5.41, 5.74) is 1.65. The summed E-state index contributed by atoms with van der Waals surface area (Å²) in [6, 6.07) is 13.9. The quantitative estimate of drug-likeness (QED) is 0.491. The molecule has 0 spiro atoms. The van der Waals surface area contributed by atoms with Gasteiger partial charge in [0.25, 0.3) is 0 Å². The molecule has 3 aromatic rings. The average Bonchev–Trinajstić information content (AvgIpc) is 3.13. The zero-order valence-corrected chi connectivity index (χ0v) is 15.8. The van der Waals surface area contributed by atoms with Crippen LogP contribution < -0.4 is 10.1 Å². The number of hydrogen-bond donors (Lipinski definition) is 1. The van der Waals surface area contributed by atoms with E-state index >= 15 is 0 Å². The fraction of sp³-hybridized carbons (Fsp3) is 0.150. The van der Waals surface area contributed by atoms with Crippen molar-refractivity contribution in [2.24, 2.45) is 0 Å². The molecular formula is C20H18ClN3O4. The summed E-state index contributed by atoms with van der Waals surface area (Å²) in [5.74, 6) is -0.267. The van der Waals surface area contributed by atoms with Crippen molar-refractivity contribution in [1.82, 2.24) is 9.78 Å². The van der Waals surface area contributed by atoms with E-state index < -0.39 is 12.1 Å². The molecule has 1 N–H and O–H groups in total. The number of rotatable bonds is 6. The van der Waals surface area contributed by atoms with E-state index in [1.807, 2.05) is 18.2 Å². The lowest BCUT2D eigenvalue weighted by molar-refractivity contribution is 0.0735. The first-order chi connectivity index (χ1) is 13.5. The Morgan fingerprint density at radius 3 is 2.79 bits per heavy atom. The maximum Gasteiger partial charge on any atom is 0.411 e. The zero-order chi connectivity index (χ0) is 19.9. The van der Waals surface area contributed by atoms with Crippen LogP contribution in [0.3, 0.4) is 0 Å². The van der Waals surface area contributed by atoms with E-state index in [2.05, 4.69) is 10.4 Å². The molecule has 0 saturated heterocycles. The molecule has 0 saturated carbocycles. The molecule has 3 rings (SSSR count). The van der Waals surface area contributed by atoms with Crippen LogP contribution in [-0.2, 0) is 11.3 Å². The van der Waals surface area contributed by atoms with Crippen LogP contribution in [0.25, 0.3) is 0 Å². The molecule has 0 fully saturated rings. The van der Waals surface area contributed by atoms with Crippen LogP contribution in [0.2, 0.25) is 5.02 Å². The summed E-state index contributed by atoms with van der Waals surface area (Å²) in [4.78, 5) is 23.9. The molecule has 0 aliphatic heterocycles. The molecule has 0 aliphatic rings. The monoisotopic (exact) mass is 399 g/mol. The van der Waals surface area contributed by atoms with Gasteiger partial charge in [-0.25, -0.2) is 9.59 Å². The van der Waals surface area contributed by atoms with Gasteiger partial charge in [-0.2, -0.15) is 5.10 Å². The lowest BCUT2D eigenvalue weighted by Gasteiger charge is -2.07. The Morgan fingerprint density at radius 2 is 2.00 bits per heavy atom. The number of ether oxygens (including phenoxy) is 2. The maximum atomic E-state index is 12.4. The van der Waals surface area contributed by atoms with Crippen molar-refractivity contribution < 1.29 is 19.1 Å². The third-order valence-electron chi connectivity index (χ3n) is 3.73. The number of halogens is 1. The number of esters is 1.